The molecule has 0 atom stereocenters. The number of nitrogens with two attached hydrogens (primary N) is 1. The molecule has 198 valence electrons. The van der Waals surface area contributed by atoms with E-state index in [0.29, 0.717) is 16.2 Å². The second-order valence-corrected chi connectivity index (χ2v) is 11.3. The monoisotopic (exact) mass is 510 g/mol. The van der Waals surface area contributed by atoms with Crippen LogP contribution in [0.15, 0.2) is 36.9 Å². The lowest BCUT2D eigenvalue weighted by Gasteiger charge is -2.54. The van der Waals surface area contributed by atoms with Gasteiger partial charge in [-0.25, -0.2) is 18.2 Å². The zero-order valence-electron chi connectivity index (χ0n) is 21.4. The molecule has 3 fully saturated rings. The molecule has 6 rings (SSSR count). The van der Waals surface area contributed by atoms with Crippen LogP contribution in [0.25, 0.3) is 0 Å². The van der Waals surface area contributed by atoms with Crippen LogP contribution in [0.2, 0.25) is 0 Å². The van der Waals surface area contributed by atoms with Crippen LogP contribution < -0.4 is 20.9 Å². The largest absolute Gasteiger partial charge is 0.383 e. The molecule has 9 heteroatoms. The minimum absolute atomic E-state index is 0.165. The predicted octanol–water partition coefficient (Wildman–Crippen LogP) is 4.29. The fourth-order valence-electron chi connectivity index (χ4n) is 7.04. The predicted molar refractivity (Wildman–Crippen MR) is 141 cm³/mol. The van der Waals surface area contributed by atoms with E-state index < -0.39 is 17.4 Å². The Kier molecular flexibility index (Phi) is 6.52. The van der Waals surface area contributed by atoms with Crippen molar-refractivity contribution in [2.75, 3.05) is 38.5 Å². The molecule has 0 spiro atoms. The van der Waals surface area contributed by atoms with E-state index in [4.69, 9.17) is 10.7 Å². The van der Waals surface area contributed by atoms with Gasteiger partial charge in [0.25, 0.3) is 5.79 Å². The van der Waals surface area contributed by atoms with Gasteiger partial charge in [-0.3, -0.25) is 0 Å². The van der Waals surface area contributed by atoms with Crippen molar-refractivity contribution in [1.29, 1.82) is 0 Å². The second-order valence-electron chi connectivity index (χ2n) is 11.3. The number of halogens is 2. The average molecular weight is 511 g/mol. The third-order valence-corrected chi connectivity index (χ3v) is 9.39. The second kappa shape index (κ2) is 9.83. The lowest BCUT2D eigenvalue weighted by atomic mass is 9.79. The van der Waals surface area contributed by atoms with Crippen LogP contribution in [0.4, 0.5) is 20.4 Å². The molecule has 1 aromatic carbocycles. The summed E-state index contributed by atoms with van der Waals surface area (Å²) in [7, 11) is 0. The molecular weight excluding hydrogens is 472 g/mol. The first-order chi connectivity index (χ1) is 18.0. The molecule has 0 unspecified atom stereocenters. The lowest BCUT2D eigenvalue weighted by molar-refractivity contribution is 0.0206. The number of quaternary nitrogens is 1. The molecule has 2 saturated heterocycles. The van der Waals surface area contributed by atoms with Gasteiger partial charge in [0.1, 0.15) is 12.1 Å². The summed E-state index contributed by atoms with van der Waals surface area (Å²) in [4.78, 5) is 12.0. The molecule has 4 heterocycles. The highest BCUT2D eigenvalue weighted by molar-refractivity contribution is 5.58. The lowest BCUT2D eigenvalue weighted by Crippen LogP contribution is -2.78. The zero-order chi connectivity index (χ0) is 25.5. The third-order valence-electron chi connectivity index (χ3n) is 9.39. The molecular formula is C28H38F2N7+. The minimum atomic E-state index is -0.794. The first-order valence-corrected chi connectivity index (χ1v) is 13.9. The van der Waals surface area contributed by atoms with Crippen molar-refractivity contribution in [2.24, 2.45) is 0 Å². The van der Waals surface area contributed by atoms with Crippen LogP contribution in [-0.4, -0.2) is 53.4 Å². The van der Waals surface area contributed by atoms with Crippen molar-refractivity contribution >= 4 is 11.6 Å². The number of hydrogen-bond acceptors (Lipinski definition) is 6. The number of benzene rings is 1. The van der Waals surface area contributed by atoms with Crippen molar-refractivity contribution in [3.05, 3.63) is 59.7 Å². The van der Waals surface area contributed by atoms with Crippen LogP contribution in [0.5, 0.6) is 0 Å². The van der Waals surface area contributed by atoms with E-state index in [9.17, 15) is 8.78 Å². The van der Waals surface area contributed by atoms with Crippen LogP contribution >= 0.6 is 0 Å². The molecule has 7 nitrogen and oxygen atoms in total. The Morgan fingerprint density at radius 3 is 2.32 bits per heavy atom. The van der Waals surface area contributed by atoms with E-state index in [1.165, 1.54) is 31.4 Å². The quantitative estimate of drug-likeness (QED) is 0.483. The van der Waals surface area contributed by atoms with Crippen LogP contribution in [0.1, 0.15) is 74.3 Å². The Morgan fingerprint density at radius 2 is 1.68 bits per heavy atom. The number of nitrogens with one attached hydrogen (secondary N) is 2. The molecule has 4 N–H and O–H groups in total. The molecule has 3 aliphatic heterocycles. The van der Waals surface area contributed by atoms with Crippen molar-refractivity contribution in [3.8, 4) is 0 Å². The third kappa shape index (κ3) is 4.26. The number of anilines is 1. The zero-order valence-corrected chi connectivity index (χ0v) is 21.4. The maximum Gasteiger partial charge on any atom is 0.257 e. The number of rotatable bonds is 7. The molecule has 2 aromatic rings. The van der Waals surface area contributed by atoms with Gasteiger partial charge in [0.15, 0.2) is 11.6 Å². The first-order valence-electron chi connectivity index (χ1n) is 13.9. The number of likely N-dealkylation sites (tertiary alicyclic amines) is 2. The fourth-order valence-corrected chi connectivity index (χ4v) is 7.04. The highest BCUT2D eigenvalue weighted by Gasteiger charge is 2.57. The highest BCUT2D eigenvalue weighted by Crippen LogP contribution is 2.48. The van der Waals surface area contributed by atoms with Gasteiger partial charge in [0.05, 0.1) is 25.1 Å². The van der Waals surface area contributed by atoms with Crippen LogP contribution in [0.3, 0.4) is 0 Å². The van der Waals surface area contributed by atoms with Crippen molar-refractivity contribution in [2.45, 2.75) is 69.0 Å². The highest BCUT2D eigenvalue weighted by atomic mass is 19.2. The summed E-state index contributed by atoms with van der Waals surface area (Å²) >= 11 is 0. The SMILES string of the molecule is Nc1ncnc([N+]2(C3(CCN4CCCC4)NC=CN3)CCC(c3ccc(F)c(F)c3)CC2)c1C1CCC1. The summed E-state index contributed by atoms with van der Waals surface area (Å²) in [5, 5.41) is 7.48. The Hall–Kier alpha value is -2.78. The van der Waals surface area contributed by atoms with E-state index in [1.54, 1.807) is 12.4 Å². The van der Waals surface area contributed by atoms with Crippen molar-refractivity contribution in [1.82, 2.24) is 30.0 Å². The number of nitrogen functional groups attached to an aromatic ring is 1. The van der Waals surface area contributed by atoms with E-state index in [0.717, 1.165) is 81.8 Å². The Morgan fingerprint density at radius 1 is 0.946 bits per heavy atom. The van der Waals surface area contributed by atoms with Gasteiger partial charge in [-0.2, -0.15) is 4.98 Å². The van der Waals surface area contributed by atoms with Gasteiger partial charge in [0.2, 0.25) is 5.82 Å². The Bertz CT molecular complexity index is 1140. The van der Waals surface area contributed by atoms with E-state index >= 15 is 0 Å². The molecule has 0 radical (unpaired) electrons. The van der Waals surface area contributed by atoms with Gasteiger partial charge < -0.3 is 21.3 Å². The molecule has 1 saturated carbocycles. The topological polar surface area (TPSA) is 79.1 Å². The maximum absolute atomic E-state index is 14.1. The number of piperidine rings is 1. The molecule has 0 amide bonds. The molecule has 4 aliphatic rings. The van der Waals surface area contributed by atoms with Gasteiger partial charge in [0, 0.05) is 31.8 Å². The number of aromatic nitrogens is 2. The van der Waals surface area contributed by atoms with Gasteiger partial charge >= 0.3 is 0 Å². The summed E-state index contributed by atoms with van der Waals surface area (Å²) in [6, 6.07) is 4.37. The summed E-state index contributed by atoms with van der Waals surface area (Å²) in [5.41, 5.74) is 8.54. The normalized spacial score (nSPS) is 27.6. The van der Waals surface area contributed by atoms with E-state index in [1.807, 2.05) is 12.4 Å². The molecule has 1 aromatic heterocycles. The average Bonchev–Trinajstić information content (AvgIpc) is 3.58. The molecule has 37 heavy (non-hydrogen) atoms. The summed E-state index contributed by atoms with van der Waals surface area (Å²) < 4.78 is 28.4. The number of hydrogen-bond donors (Lipinski definition) is 3. The van der Waals surface area contributed by atoms with Crippen LogP contribution in [-0.2, 0) is 0 Å². The van der Waals surface area contributed by atoms with Gasteiger partial charge in [-0.15, -0.1) is 0 Å². The molecule has 1 aliphatic carbocycles. The van der Waals surface area contributed by atoms with Crippen molar-refractivity contribution < 1.29 is 8.78 Å². The molecule has 0 bridgehead atoms. The summed E-state index contributed by atoms with van der Waals surface area (Å²) in [6.07, 6.45) is 14.2. The van der Waals surface area contributed by atoms with E-state index in [-0.39, 0.29) is 5.92 Å². The van der Waals surface area contributed by atoms with Gasteiger partial charge in [-0.1, -0.05) is 12.5 Å². The summed E-state index contributed by atoms with van der Waals surface area (Å²) in [5.74, 6) is 0.142. The standard InChI is InChI=1S/C28H38F2N7/c29-23-7-6-22(18-24(23)30)20-8-16-37(17-9-20,27-25(21-4-3-5-21)26(31)32-19-33-27)28(34-11-12-35-28)10-15-36-13-1-2-14-36/h6-7,11-12,18-21,34-35H,1-5,8-10,13-17H2,(H2,31,32,33)/q+1. The maximum atomic E-state index is 14.1. The minimum Gasteiger partial charge on any atom is -0.383 e. The number of nitrogens with zero attached hydrogens (tertiary/aromatic N) is 4. The summed E-state index contributed by atoms with van der Waals surface area (Å²) in [6.45, 7) is 4.90. The Labute approximate surface area is 217 Å². The smallest absolute Gasteiger partial charge is 0.257 e. The van der Waals surface area contributed by atoms with E-state index in [2.05, 4.69) is 20.5 Å². The van der Waals surface area contributed by atoms with Crippen molar-refractivity contribution in [3.63, 3.8) is 0 Å². The fraction of sp³-hybridized carbons (Fsp3) is 0.571. The first kappa shape index (κ1) is 24.6. The van der Waals surface area contributed by atoms with Gasteiger partial charge in [-0.05, 0) is 68.3 Å². The van der Waals surface area contributed by atoms with Crippen LogP contribution in [0, 0.1) is 11.6 Å². The Balaban J connectivity index is 1.38.